The van der Waals surface area contributed by atoms with E-state index in [2.05, 4.69) is 11.8 Å². The molecular formula is C12H19ClN2. The first-order valence-electron chi connectivity index (χ1n) is 5.26. The van der Waals surface area contributed by atoms with Crippen LogP contribution in [0.5, 0.6) is 0 Å². The number of halogens is 1. The van der Waals surface area contributed by atoms with E-state index in [-0.39, 0.29) is 6.04 Å². The number of hydrogen-bond donors (Lipinski definition) is 1. The Morgan fingerprint density at radius 3 is 2.60 bits per heavy atom. The van der Waals surface area contributed by atoms with Crippen molar-refractivity contribution < 1.29 is 0 Å². The summed E-state index contributed by atoms with van der Waals surface area (Å²) in [7, 11) is 4.06. The number of rotatable bonds is 4. The molecule has 1 unspecified atom stereocenters. The highest BCUT2D eigenvalue weighted by Gasteiger charge is 2.08. The Kier molecular flexibility index (Phi) is 4.43. The lowest BCUT2D eigenvalue weighted by Gasteiger charge is -2.19. The van der Waals surface area contributed by atoms with Crippen molar-refractivity contribution in [1.82, 2.24) is 0 Å². The Balaban J connectivity index is 2.96. The van der Waals surface area contributed by atoms with Crippen molar-refractivity contribution in [3.63, 3.8) is 0 Å². The third kappa shape index (κ3) is 3.40. The maximum absolute atomic E-state index is 5.99. The van der Waals surface area contributed by atoms with Gasteiger partial charge in [-0.1, -0.05) is 18.5 Å². The average molecular weight is 227 g/mol. The van der Waals surface area contributed by atoms with Crippen LogP contribution < -0.4 is 10.6 Å². The summed E-state index contributed by atoms with van der Waals surface area (Å²) >= 11 is 5.99. The second kappa shape index (κ2) is 5.38. The molecule has 0 amide bonds. The van der Waals surface area contributed by atoms with Gasteiger partial charge in [0.15, 0.2) is 0 Å². The third-order valence-electron chi connectivity index (χ3n) is 2.53. The van der Waals surface area contributed by atoms with Gasteiger partial charge in [-0.2, -0.15) is 0 Å². The number of nitrogens with zero attached hydrogens (tertiary/aromatic N) is 1. The summed E-state index contributed by atoms with van der Waals surface area (Å²) in [4.78, 5) is 2.09. The summed E-state index contributed by atoms with van der Waals surface area (Å²) in [6, 6.07) is 6.17. The summed E-state index contributed by atoms with van der Waals surface area (Å²) in [6.45, 7) is 2.10. The lowest BCUT2D eigenvalue weighted by atomic mass is 10.0. The number of hydrogen-bond acceptors (Lipinski definition) is 2. The van der Waals surface area contributed by atoms with Gasteiger partial charge in [-0.3, -0.25) is 0 Å². The Morgan fingerprint density at radius 2 is 2.07 bits per heavy atom. The fourth-order valence-electron chi connectivity index (χ4n) is 1.58. The van der Waals surface area contributed by atoms with Crippen LogP contribution in [0.2, 0.25) is 5.02 Å². The minimum absolute atomic E-state index is 0.210. The maximum atomic E-state index is 5.99. The van der Waals surface area contributed by atoms with Gasteiger partial charge in [0.1, 0.15) is 0 Å². The van der Waals surface area contributed by atoms with E-state index >= 15 is 0 Å². The van der Waals surface area contributed by atoms with Crippen LogP contribution in [0.15, 0.2) is 18.2 Å². The van der Waals surface area contributed by atoms with Gasteiger partial charge >= 0.3 is 0 Å². The largest absolute Gasteiger partial charge is 0.377 e. The van der Waals surface area contributed by atoms with Gasteiger partial charge in [0, 0.05) is 30.8 Å². The molecular weight excluding hydrogens is 208 g/mol. The van der Waals surface area contributed by atoms with E-state index in [0.717, 1.165) is 17.9 Å². The van der Waals surface area contributed by atoms with Crippen molar-refractivity contribution in [3.8, 4) is 0 Å². The van der Waals surface area contributed by atoms with Crippen LogP contribution in [-0.4, -0.2) is 20.1 Å². The third-order valence-corrected chi connectivity index (χ3v) is 2.76. The molecule has 0 aromatic heterocycles. The lowest BCUT2D eigenvalue weighted by molar-refractivity contribution is 0.646. The number of anilines is 1. The van der Waals surface area contributed by atoms with E-state index in [1.54, 1.807) is 0 Å². The molecule has 0 fully saturated rings. The molecule has 0 aliphatic carbocycles. The second-order valence-electron chi connectivity index (χ2n) is 4.04. The molecule has 1 rings (SSSR count). The molecule has 0 saturated heterocycles. The monoisotopic (exact) mass is 226 g/mol. The van der Waals surface area contributed by atoms with Crippen LogP contribution in [0, 0.1) is 0 Å². The maximum Gasteiger partial charge on any atom is 0.0410 e. The highest BCUT2D eigenvalue weighted by Crippen LogP contribution is 2.24. The molecule has 2 N–H and O–H groups in total. The van der Waals surface area contributed by atoms with Gasteiger partial charge in [-0.25, -0.2) is 0 Å². The molecule has 3 heteroatoms. The van der Waals surface area contributed by atoms with Crippen molar-refractivity contribution in [2.45, 2.75) is 25.8 Å². The van der Waals surface area contributed by atoms with Gasteiger partial charge < -0.3 is 10.6 Å². The quantitative estimate of drug-likeness (QED) is 0.856. The Hall–Kier alpha value is -0.730. The fraction of sp³-hybridized carbons (Fsp3) is 0.500. The molecule has 1 aromatic rings. The van der Waals surface area contributed by atoms with Crippen LogP contribution in [-0.2, 0) is 6.42 Å². The average Bonchev–Trinajstić information content (AvgIpc) is 2.17. The highest BCUT2D eigenvalue weighted by atomic mass is 35.5. The summed E-state index contributed by atoms with van der Waals surface area (Å²) in [5, 5.41) is 0.777. The first kappa shape index (κ1) is 12.3. The van der Waals surface area contributed by atoms with E-state index in [1.807, 2.05) is 32.3 Å². The van der Waals surface area contributed by atoms with Crippen LogP contribution >= 0.6 is 11.6 Å². The second-order valence-corrected chi connectivity index (χ2v) is 4.48. The Labute approximate surface area is 97.0 Å². The molecule has 0 saturated carbocycles. The molecule has 84 valence electrons. The van der Waals surface area contributed by atoms with Gasteiger partial charge in [-0.05, 0) is 36.6 Å². The van der Waals surface area contributed by atoms with E-state index in [4.69, 9.17) is 17.3 Å². The molecule has 0 aliphatic rings. The van der Waals surface area contributed by atoms with Crippen molar-refractivity contribution in [2.24, 2.45) is 5.73 Å². The van der Waals surface area contributed by atoms with Gasteiger partial charge in [0.25, 0.3) is 0 Å². The number of nitrogens with two attached hydrogens (primary N) is 1. The first-order chi connectivity index (χ1) is 7.04. The van der Waals surface area contributed by atoms with Crippen LogP contribution in [0.1, 0.15) is 18.9 Å². The summed E-state index contributed by atoms with van der Waals surface area (Å²) in [5.74, 6) is 0. The minimum Gasteiger partial charge on any atom is -0.377 e. The number of benzene rings is 1. The van der Waals surface area contributed by atoms with E-state index in [9.17, 15) is 0 Å². The molecule has 0 bridgehead atoms. The summed E-state index contributed by atoms with van der Waals surface area (Å²) in [6.07, 6.45) is 1.87. The Bertz CT molecular complexity index is 323. The van der Waals surface area contributed by atoms with Crippen molar-refractivity contribution >= 4 is 17.3 Å². The van der Waals surface area contributed by atoms with Gasteiger partial charge in [0.2, 0.25) is 0 Å². The smallest absolute Gasteiger partial charge is 0.0410 e. The van der Waals surface area contributed by atoms with Crippen LogP contribution in [0.25, 0.3) is 0 Å². The van der Waals surface area contributed by atoms with E-state index in [0.29, 0.717) is 0 Å². The molecule has 1 atom stereocenters. The van der Waals surface area contributed by atoms with E-state index < -0.39 is 0 Å². The van der Waals surface area contributed by atoms with Gasteiger partial charge in [0.05, 0.1) is 0 Å². The van der Waals surface area contributed by atoms with Gasteiger partial charge in [-0.15, -0.1) is 0 Å². The minimum atomic E-state index is 0.210. The SMILES string of the molecule is CCC(N)Cc1cc(Cl)ccc1N(C)C. The predicted octanol–water partition coefficient (Wildman–Crippen LogP) is 2.69. The molecule has 0 spiro atoms. The zero-order chi connectivity index (χ0) is 11.4. The molecule has 0 heterocycles. The van der Waals surface area contributed by atoms with E-state index in [1.165, 1.54) is 11.3 Å². The fourth-order valence-corrected chi connectivity index (χ4v) is 1.78. The molecule has 15 heavy (non-hydrogen) atoms. The predicted molar refractivity (Wildman–Crippen MR) is 67.7 cm³/mol. The standard InChI is InChI=1S/C12H19ClN2/c1-4-11(14)8-9-7-10(13)5-6-12(9)15(2)3/h5-7,11H,4,8,14H2,1-3H3. The zero-order valence-electron chi connectivity index (χ0n) is 9.63. The molecule has 0 radical (unpaired) electrons. The molecule has 1 aromatic carbocycles. The van der Waals surface area contributed by atoms with Crippen LogP contribution in [0.3, 0.4) is 0 Å². The van der Waals surface area contributed by atoms with Crippen molar-refractivity contribution in [2.75, 3.05) is 19.0 Å². The van der Waals surface area contributed by atoms with Crippen molar-refractivity contribution in [3.05, 3.63) is 28.8 Å². The summed E-state index contributed by atoms with van der Waals surface area (Å²) in [5.41, 5.74) is 8.38. The zero-order valence-corrected chi connectivity index (χ0v) is 10.4. The Morgan fingerprint density at radius 1 is 1.40 bits per heavy atom. The lowest BCUT2D eigenvalue weighted by Crippen LogP contribution is -2.23. The highest BCUT2D eigenvalue weighted by molar-refractivity contribution is 6.30. The normalized spacial score (nSPS) is 12.6. The van der Waals surface area contributed by atoms with Crippen molar-refractivity contribution in [1.29, 1.82) is 0 Å². The molecule has 0 aliphatic heterocycles. The van der Waals surface area contributed by atoms with Crippen LogP contribution in [0.4, 0.5) is 5.69 Å². The topological polar surface area (TPSA) is 29.3 Å². The first-order valence-corrected chi connectivity index (χ1v) is 5.63. The summed E-state index contributed by atoms with van der Waals surface area (Å²) < 4.78 is 0. The molecule has 2 nitrogen and oxygen atoms in total.